The van der Waals surface area contributed by atoms with Gasteiger partial charge in [0.2, 0.25) is 0 Å². The minimum absolute atomic E-state index is 0.267. The second-order valence-corrected chi connectivity index (χ2v) is 5.49. The number of rotatable bonds is 3. The van der Waals surface area contributed by atoms with Crippen molar-refractivity contribution >= 4 is 6.09 Å². The van der Waals surface area contributed by atoms with E-state index in [0.717, 1.165) is 17.9 Å². The number of ether oxygens (including phenoxy) is 1. The minimum Gasteiger partial charge on any atom is -0.445 e. The highest BCUT2D eigenvalue weighted by Crippen LogP contribution is 2.44. The lowest BCUT2D eigenvalue weighted by molar-refractivity contribution is 0.131. The molecule has 0 aliphatic heterocycles. The number of hydrogen-bond acceptors (Lipinski definition) is 2. The van der Waals surface area contributed by atoms with Gasteiger partial charge in [0, 0.05) is 6.04 Å². The maximum atomic E-state index is 11.7. The molecule has 2 saturated carbocycles. The van der Waals surface area contributed by atoms with Gasteiger partial charge in [-0.3, -0.25) is 0 Å². The van der Waals surface area contributed by atoms with Gasteiger partial charge in [0.05, 0.1) is 0 Å². The lowest BCUT2D eigenvalue weighted by Crippen LogP contribution is -2.38. The van der Waals surface area contributed by atoms with Crippen LogP contribution in [0.1, 0.15) is 31.2 Å². The molecule has 3 nitrogen and oxygen atoms in total. The molecule has 1 aromatic rings. The number of benzene rings is 1. The third-order valence-electron chi connectivity index (χ3n) is 4.25. The van der Waals surface area contributed by atoms with Gasteiger partial charge >= 0.3 is 6.09 Å². The second-order valence-electron chi connectivity index (χ2n) is 5.49. The van der Waals surface area contributed by atoms with Gasteiger partial charge in [-0.1, -0.05) is 36.8 Å². The van der Waals surface area contributed by atoms with Gasteiger partial charge in [0.15, 0.2) is 0 Å². The molecule has 2 fully saturated rings. The van der Waals surface area contributed by atoms with Crippen LogP contribution in [0, 0.1) is 11.8 Å². The topological polar surface area (TPSA) is 38.3 Å². The van der Waals surface area contributed by atoms with Crippen LogP contribution >= 0.6 is 0 Å². The van der Waals surface area contributed by atoms with Gasteiger partial charge in [-0.05, 0) is 36.7 Å². The largest absolute Gasteiger partial charge is 0.445 e. The average Bonchev–Trinajstić information content (AvgIpc) is 3.00. The molecule has 0 radical (unpaired) electrons. The van der Waals surface area contributed by atoms with Crippen LogP contribution in [0.5, 0.6) is 0 Å². The zero-order chi connectivity index (χ0) is 12.4. The third kappa shape index (κ3) is 2.50. The molecule has 1 amide bonds. The Bertz CT molecular complexity index is 418. The Balaban J connectivity index is 1.45. The highest BCUT2D eigenvalue weighted by molar-refractivity contribution is 5.67. The van der Waals surface area contributed by atoms with E-state index in [2.05, 4.69) is 5.32 Å². The van der Waals surface area contributed by atoms with E-state index < -0.39 is 0 Å². The van der Waals surface area contributed by atoms with Crippen molar-refractivity contribution in [2.45, 2.75) is 38.3 Å². The number of alkyl carbamates (subject to hydrolysis) is 1. The third-order valence-corrected chi connectivity index (χ3v) is 4.25. The summed E-state index contributed by atoms with van der Waals surface area (Å²) in [6.07, 6.45) is 4.79. The summed E-state index contributed by atoms with van der Waals surface area (Å²) < 4.78 is 5.25. The maximum absolute atomic E-state index is 11.7. The predicted octanol–water partition coefficient (Wildman–Crippen LogP) is 3.10. The molecule has 2 bridgehead atoms. The summed E-state index contributed by atoms with van der Waals surface area (Å²) in [5.41, 5.74) is 1.03. The van der Waals surface area contributed by atoms with Crippen molar-refractivity contribution in [3.63, 3.8) is 0 Å². The Morgan fingerprint density at radius 2 is 2.06 bits per heavy atom. The van der Waals surface area contributed by atoms with E-state index in [9.17, 15) is 4.79 Å². The van der Waals surface area contributed by atoms with E-state index in [-0.39, 0.29) is 6.09 Å². The highest BCUT2D eigenvalue weighted by Gasteiger charge is 2.40. The fourth-order valence-electron chi connectivity index (χ4n) is 3.34. The Morgan fingerprint density at radius 1 is 1.22 bits per heavy atom. The monoisotopic (exact) mass is 245 g/mol. The number of carbonyl (C=O) groups excluding carboxylic acids is 1. The number of fused-ring (bicyclic) bond motifs is 2. The molecular formula is C15H19NO2. The van der Waals surface area contributed by atoms with Gasteiger partial charge in [-0.25, -0.2) is 4.79 Å². The number of nitrogens with one attached hydrogen (secondary N) is 1. The van der Waals surface area contributed by atoms with Crippen molar-refractivity contribution in [3.05, 3.63) is 35.9 Å². The number of hydrogen-bond donors (Lipinski definition) is 1. The first-order valence-corrected chi connectivity index (χ1v) is 6.78. The van der Waals surface area contributed by atoms with Crippen molar-refractivity contribution < 1.29 is 9.53 Å². The summed E-state index contributed by atoms with van der Waals surface area (Å²) in [4.78, 5) is 11.7. The molecule has 3 atom stereocenters. The molecule has 0 spiro atoms. The van der Waals surface area contributed by atoms with E-state index in [1.54, 1.807) is 0 Å². The van der Waals surface area contributed by atoms with Gasteiger partial charge in [0.25, 0.3) is 0 Å². The normalized spacial score (nSPS) is 29.2. The van der Waals surface area contributed by atoms with Crippen LogP contribution in [0.15, 0.2) is 30.3 Å². The average molecular weight is 245 g/mol. The molecule has 2 aliphatic rings. The highest BCUT2D eigenvalue weighted by atomic mass is 16.5. The molecule has 0 unspecified atom stereocenters. The molecule has 0 saturated heterocycles. The van der Waals surface area contributed by atoms with Crippen molar-refractivity contribution in [3.8, 4) is 0 Å². The van der Waals surface area contributed by atoms with Crippen molar-refractivity contribution in [1.82, 2.24) is 5.32 Å². The Morgan fingerprint density at radius 3 is 2.72 bits per heavy atom. The van der Waals surface area contributed by atoms with Crippen LogP contribution in [0.4, 0.5) is 4.79 Å². The molecule has 18 heavy (non-hydrogen) atoms. The lowest BCUT2D eigenvalue weighted by Gasteiger charge is -2.22. The molecule has 3 rings (SSSR count). The van der Waals surface area contributed by atoms with Crippen LogP contribution in [-0.2, 0) is 11.3 Å². The van der Waals surface area contributed by atoms with E-state index in [4.69, 9.17) is 4.74 Å². The number of carbonyl (C=O) groups is 1. The van der Waals surface area contributed by atoms with Crippen molar-refractivity contribution in [1.29, 1.82) is 0 Å². The van der Waals surface area contributed by atoms with E-state index in [1.807, 2.05) is 30.3 Å². The van der Waals surface area contributed by atoms with E-state index in [1.165, 1.54) is 19.3 Å². The SMILES string of the molecule is O=C(N[C@@H]1C[C@H]2CC[C@@H]1C2)OCc1ccccc1. The standard InChI is InChI=1S/C15H19NO2/c17-15(18-10-11-4-2-1-3-5-11)16-14-9-12-6-7-13(14)8-12/h1-5,12-14H,6-10H2,(H,16,17)/t12-,13+,14+/m0/s1. The van der Waals surface area contributed by atoms with Crippen LogP contribution < -0.4 is 5.32 Å². The Kier molecular flexibility index (Phi) is 3.22. The van der Waals surface area contributed by atoms with Crippen LogP contribution in [0.2, 0.25) is 0 Å². The molecule has 1 N–H and O–H groups in total. The summed E-state index contributed by atoms with van der Waals surface area (Å²) in [6.45, 7) is 0.355. The van der Waals surface area contributed by atoms with Gasteiger partial charge in [-0.15, -0.1) is 0 Å². The summed E-state index contributed by atoms with van der Waals surface area (Å²) in [6, 6.07) is 10.1. The smallest absolute Gasteiger partial charge is 0.407 e. The van der Waals surface area contributed by atoms with E-state index >= 15 is 0 Å². The first kappa shape index (κ1) is 11.6. The first-order chi connectivity index (χ1) is 8.81. The zero-order valence-corrected chi connectivity index (χ0v) is 10.5. The Hall–Kier alpha value is -1.51. The van der Waals surface area contributed by atoms with Crippen LogP contribution in [0.3, 0.4) is 0 Å². The first-order valence-electron chi connectivity index (χ1n) is 6.78. The van der Waals surface area contributed by atoms with Gasteiger partial charge < -0.3 is 10.1 Å². The van der Waals surface area contributed by atoms with Gasteiger partial charge in [0.1, 0.15) is 6.61 Å². The summed E-state index contributed by atoms with van der Waals surface area (Å²) in [5, 5.41) is 3.02. The predicted molar refractivity (Wildman–Crippen MR) is 69.0 cm³/mol. The zero-order valence-electron chi connectivity index (χ0n) is 10.5. The minimum atomic E-state index is -0.267. The molecule has 2 aliphatic carbocycles. The fraction of sp³-hybridized carbons (Fsp3) is 0.533. The summed E-state index contributed by atoms with van der Waals surface area (Å²) in [5.74, 6) is 1.54. The summed E-state index contributed by atoms with van der Waals surface area (Å²) >= 11 is 0. The van der Waals surface area contributed by atoms with Crippen LogP contribution in [-0.4, -0.2) is 12.1 Å². The Labute approximate surface area is 108 Å². The number of amides is 1. The lowest BCUT2D eigenvalue weighted by atomic mass is 9.96. The molecule has 0 aromatic heterocycles. The molecule has 0 heterocycles. The summed E-state index contributed by atoms with van der Waals surface area (Å²) in [7, 11) is 0. The molecule has 3 heteroatoms. The van der Waals surface area contributed by atoms with Crippen molar-refractivity contribution in [2.24, 2.45) is 11.8 Å². The molecular weight excluding hydrogens is 226 g/mol. The maximum Gasteiger partial charge on any atom is 0.407 e. The second kappa shape index (κ2) is 5.01. The fourth-order valence-corrected chi connectivity index (χ4v) is 3.34. The van der Waals surface area contributed by atoms with Gasteiger partial charge in [-0.2, -0.15) is 0 Å². The molecule has 1 aromatic carbocycles. The van der Waals surface area contributed by atoms with Crippen LogP contribution in [0.25, 0.3) is 0 Å². The quantitative estimate of drug-likeness (QED) is 0.888. The van der Waals surface area contributed by atoms with Crippen molar-refractivity contribution in [2.75, 3.05) is 0 Å². The molecule has 96 valence electrons. The van der Waals surface area contributed by atoms with E-state index in [0.29, 0.717) is 18.6 Å².